The highest BCUT2D eigenvalue weighted by molar-refractivity contribution is 5.56. The molecule has 2 rings (SSSR count). The van der Waals surface area contributed by atoms with Crippen molar-refractivity contribution in [1.82, 2.24) is 0 Å². The van der Waals surface area contributed by atoms with Crippen LogP contribution >= 0.6 is 0 Å². The van der Waals surface area contributed by atoms with E-state index in [2.05, 4.69) is 0 Å². The van der Waals surface area contributed by atoms with Crippen molar-refractivity contribution in [1.29, 1.82) is 0 Å². The fraction of sp³-hybridized carbons (Fsp3) is 0.200. The van der Waals surface area contributed by atoms with Crippen LogP contribution < -0.4 is 5.73 Å². The summed E-state index contributed by atoms with van der Waals surface area (Å²) in [6.07, 6.45) is 0.543. The van der Waals surface area contributed by atoms with Gasteiger partial charge in [0, 0.05) is 12.1 Å². The van der Waals surface area contributed by atoms with Gasteiger partial charge in [0.15, 0.2) is 0 Å². The molecular formula is C15H16FN. The molecule has 0 aromatic heterocycles. The van der Waals surface area contributed by atoms with Crippen molar-refractivity contribution in [2.24, 2.45) is 0 Å². The molecule has 17 heavy (non-hydrogen) atoms. The Hall–Kier alpha value is -1.83. The minimum absolute atomic E-state index is 0.175. The zero-order valence-corrected chi connectivity index (χ0v) is 10.1. The number of hydrogen-bond donors (Lipinski definition) is 1. The summed E-state index contributed by atoms with van der Waals surface area (Å²) in [6, 6.07) is 10.9. The van der Waals surface area contributed by atoms with Crippen LogP contribution in [0.1, 0.15) is 22.3 Å². The second-order valence-electron chi connectivity index (χ2n) is 4.42. The number of halogens is 1. The van der Waals surface area contributed by atoms with Crippen LogP contribution in [0.25, 0.3) is 0 Å². The summed E-state index contributed by atoms with van der Waals surface area (Å²) in [6.45, 7) is 4.00. The Kier molecular flexibility index (Phi) is 3.14. The molecule has 0 aliphatic heterocycles. The number of nitrogen functional groups attached to an aromatic ring is 1. The zero-order chi connectivity index (χ0) is 12.4. The number of aryl methyl sites for hydroxylation is 2. The van der Waals surface area contributed by atoms with E-state index in [-0.39, 0.29) is 5.82 Å². The van der Waals surface area contributed by atoms with E-state index < -0.39 is 0 Å². The smallest absolute Gasteiger partial charge is 0.126 e. The predicted octanol–water partition coefficient (Wildman–Crippen LogP) is 3.62. The lowest BCUT2D eigenvalue weighted by Gasteiger charge is -2.10. The first-order valence-electron chi connectivity index (χ1n) is 5.67. The van der Waals surface area contributed by atoms with Gasteiger partial charge in [-0.05, 0) is 36.6 Å². The lowest BCUT2D eigenvalue weighted by Crippen LogP contribution is -2.00. The van der Waals surface area contributed by atoms with Crippen LogP contribution in [-0.4, -0.2) is 0 Å². The SMILES string of the molecule is Cc1cc(C)c(N)c(Cc2ccccc2F)c1. The van der Waals surface area contributed by atoms with Gasteiger partial charge in [0.1, 0.15) is 5.82 Å². The van der Waals surface area contributed by atoms with E-state index in [1.54, 1.807) is 12.1 Å². The molecule has 0 saturated carbocycles. The van der Waals surface area contributed by atoms with Crippen molar-refractivity contribution in [3.63, 3.8) is 0 Å². The molecule has 0 heterocycles. The lowest BCUT2D eigenvalue weighted by atomic mass is 9.98. The Morgan fingerprint density at radius 3 is 2.47 bits per heavy atom. The lowest BCUT2D eigenvalue weighted by molar-refractivity contribution is 0.614. The fourth-order valence-electron chi connectivity index (χ4n) is 2.06. The molecule has 0 bridgehead atoms. The van der Waals surface area contributed by atoms with E-state index in [1.807, 2.05) is 32.0 Å². The number of nitrogens with two attached hydrogens (primary N) is 1. The van der Waals surface area contributed by atoms with Crippen LogP contribution in [-0.2, 0) is 6.42 Å². The fourth-order valence-corrected chi connectivity index (χ4v) is 2.06. The maximum absolute atomic E-state index is 13.6. The summed E-state index contributed by atoms with van der Waals surface area (Å²) in [7, 11) is 0. The normalized spacial score (nSPS) is 10.5. The van der Waals surface area contributed by atoms with Crippen molar-refractivity contribution in [3.8, 4) is 0 Å². The van der Waals surface area contributed by atoms with Crippen molar-refractivity contribution in [2.75, 3.05) is 5.73 Å². The Balaban J connectivity index is 2.40. The molecule has 0 amide bonds. The first kappa shape index (κ1) is 11.6. The molecule has 88 valence electrons. The predicted molar refractivity (Wildman–Crippen MR) is 69.5 cm³/mol. The molecular weight excluding hydrogens is 213 g/mol. The number of hydrogen-bond acceptors (Lipinski definition) is 1. The highest BCUT2D eigenvalue weighted by Crippen LogP contribution is 2.23. The van der Waals surface area contributed by atoms with Crippen LogP contribution in [0.15, 0.2) is 36.4 Å². The first-order chi connectivity index (χ1) is 8.08. The molecule has 0 fully saturated rings. The molecule has 2 aromatic carbocycles. The van der Waals surface area contributed by atoms with Gasteiger partial charge in [-0.3, -0.25) is 0 Å². The standard InChI is InChI=1S/C15H16FN/c1-10-7-11(2)15(17)13(8-10)9-12-5-3-4-6-14(12)16/h3-8H,9,17H2,1-2H3. The van der Waals surface area contributed by atoms with Gasteiger partial charge in [-0.1, -0.05) is 35.9 Å². The number of benzene rings is 2. The topological polar surface area (TPSA) is 26.0 Å². The summed E-state index contributed by atoms with van der Waals surface area (Å²) in [5, 5.41) is 0. The minimum atomic E-state index is -0.175. The monoisotopic (exact) mass is 229 g/mol. The highest BCUT2D eigenvalue weighted by atomic mass is 19.1. The van der Waals surface area contributed by atoms with E-state index in [0.29, 0.717) is 12.0 Å². The van der Waals surface area contributed by atoms with Crippen molar-refractivity contribution in [3.05, 3.63) is 64.5 Å². The van der Waals surface area contributed by atoms with Gasteiger partial charge in [-0.15, -0.1) is 0 Å². The Labute approximate surface area is 101 Å². The van der Waals surface area contributed by atoms with E-state index in [0.717, 1.165) is 22.4 Å². The molecule has 1 nitrogen and oxygen atoms in total. The van der Waals surface area contributed by atoms with Crippen LogP contribution in [0.5, 0.6) is 0 Å². The van der Waals surface area contributed by atoms with E-state index in [9.17, 15) is 4.39 Å². The Morgan fingerprint density at radius 2 is 1.76 bits per heavy atom. The Bertz CT molecular complexity index is 547. The van der Waals surface area contributed by atoms with Crippen molar-refractivity contribution < 1.29 is 4.39 Å². The molecule has 2 N–H and O–H groups in total. The maximum atomic E-state index is 13.6. The third-order valence-corrected chi connectivity index (χ3v) is 2.96. The average Bonchev–Trinajstić information content (AvgIpc) is 2.28. The van der Waals surface area contributed by atoms with Crippen molar-refractivity contribution in [2.45, 2.75) is 20.3 Å². The second kappa shape index (κ2) is 4.58. The van der Waals surface area contributed by atoms with Crippen LogP contribution in [0.4, 0.5) is 10.1 Å². The zero-order valence-electron chi connectivity index (χ0n) is 10.1. The molecule has 0 radical (unpaired) electrons. The van der Waals surface area contributed by atoms with Crippen LogP contribution in [0.3, 0.4) is 0 Å². The van der Waals surface area contributed by atoms with Crippen molar-refractivity contribution >= 4 is 5.69 Å². The number of rotatable bonds is 2. The third-order valence-electron chi connectivity index (χ3n) is 2.96. The van der Waals surface area contributed by atoms with Gasteiger partial charge in [0.2, 0.25) is 0 Å². The highest BCUT2D eigenvalue weighted by Gasteiger charge is 2.07. The molecule has 0 saturated heterocycles. The summed E-state index contributed by atoms with van der Waals surface area (Å²) in [5.41, 5.74) is 10.7. The maximum Gasteiger partial charge on any atom is 0.126 e. The molecule has 0 spiro atoms. The average molecular weight is 229 g/mol. The third kappa shape index (κ3) is 2.47. The van der Waals surface area contributed by atoms with E-state index in [4.69, 9.17) is 5.73 Å². The van der Waals surface area contributed by atoms with E-state index >= 15 is 0 Å². The quantitative estimate of drug-likeness (QED) is 0.782. The summed E-state index contributed by atoms with van der Waals surface area (Å²) in [5.74, 6) is -0.175. The summed E-state index contributed by atoms with van der Waals surface area (Å²) >= 11 is 0. The van der Waals surface area contributed by atoms with Gasteiger partial charge in [-0.2, -0.15) is 0 Å². The molecule has 0 unspecified atom stereocenters. The van der Waals surface area contributed by atoms with Gasteiger partial charge >= 0.3 is 0 Å². The molecule has 2 heteroatoms. The van der Waals surface area contributed by atoms with Gasteiger partial charge < -0.3 is 5.73 Å². The largest absolute Gasteiger partial charge is 0.398 e. The summed E-state index contributed by atoms with van der Waals surface area (Å²) in [4.78, 5) is 0. The molecule has 0 aliphatic carbocycles. The number of anilines is 1. The van der Waals surface area contributed by atoms with Crippen LogP contribution in [0.2, 0.25) is 0 Å². The minimum Gasteiger partial charge on any atom is -0.398 e. The van der Waals surface area contributed by atoms with Gasteiger partial charge in [-0.25, -0.2) is 4.39 Å². The molecule has 2 aromatic rings. The first-order valence-corrected chi connectivity index (χ1v) is 5.67. The van der Waals surface area contributed by atoms with Gasteiger partial charge in [0.05, 0.1) is 0 Å². The van der Waals surface area contributed by atoms with Gasteiger partial charge in [0.25, 0.3) is 0 Å². The molecule has 0 aliphatic rings. The summed E-state index contributed by atoms with van der Waals surface area (Å²) < 4.78 is 13.6. The van der Waals surface area contributed by atoms with E-state index in [1.165, 1.54) is 6.07 Å². The molecule has 0 atom stereocenters. The Morgan fingerprint density at radius 1 is 1.06 bits per heavy atom. The van der Waals surface area contributed by atoms with Crippen LogP contribution in [0, 0.1) is 19.7 Å². The second-order valence-corrected chi connectivity index (χ2v) is 4.42.